The number of hydrogen-bond acceptors (Lipinski definition) is 5. The van der Waals surface area contributed by atoms with Crippen LogP contribution in [0, 0.1) is 20.8 Å². The van der Waals surface area contributed by atoms with E-state index in [2.05, 4.69) is 49.5 Å². The second-order valence-electron chi connectivity index (χ2n) is 6.57. The van der Waals surface area contributed by atoms with E-state index in [-0.39, 0.29) is 12.5 Å². The molecule has 1 heterocycles. The van der Waals surface area contributed by atoms with Crippen molar-refractivity contribution in [1.82, 2.24) is 10.3 Å². The van der Waals surface area contributed by atoms with Gasteiger partial charge in [0, 0.05) is 28.1 Å². The minimum atomic E-state index is -0.136. The van der Waals surface area contributed by atoms with Crippen LogP contribution < -0.4 is 10.1 Å². The van der Waals surface area contributed by atoms with Crippen molar-refractivity contribution >= 4 is 29.0 Å². The molecule has 0 aliphatic carbocycles. The standard InChI is InChI=1S/C22H24N2O2S2/c1-14-5-7-17(8-6-14)22-24-16(3)20(28-22)13-27-18-9-10-19(15(2)11-18)26-12-21(25)23-4/h5-11H,12-13H2,1-4H3,(H,23,25). The van der Waals surface area contributed by atoms with E-state index in [9.17, 15) is 4.79 Å². The van der Waals surface area contributed by atoms with Gasteiger partial charge in [-0.2, -0.15) is 0 Å². The largest absolute Gasteiger partial charge is 0.484 e. The molecule has 0 bridgehead atoms. The van der Waals surface area contributed by atoms with Gasteiger partial charge in [-0.25, -0.2) is 4.98 Å². The van der Waals surface area contributed by atoms with Gasteiger partial charge in [-0.3, -0.25) is 4.79 Å². The summed E-state index contributed by atoms with van der Waals surface area (Å²) in [5, 5.41) is 3.62. The van der Waals surface area contributed by atoms with Crippen LogP contribution in [0.25, 0.3) is 10.6 Å². The molecular formula is C22H24N2O2S2. The third kappa shape index (κ3) is 5.14. The Balaban J connectivity index is 1.65. The van der Waals surface area contributed by atoms with Gasteiger partial charge in [0.2, 0.25) is 0 Å². The van der Waals surface area contributed by atoms with Crippen molar-refractivity contribution in [2.75, 3.05) is 13.7 Å². The van der Waals surface area contributed by atoms with Crippen molar-refractivity contribution in [3.63, 3.8) is 0 Å². The van der Waals surface area contributed by atoms with Crippen molar-refractivity contribution in [3.05, 3.63) is 64.2 Å². The zero-order valence-corrected chi connectivity index (χ0v) is 18.2. The summed E-state index contributed by atoms with van der Waals surface area (Å²) in [5.74, 6) is 1.49. The number of rotatable bonds is 7. The third-order valence-corrected chi connectivity index (χ3v) is 6.75. The molecule has 28 heavy (non-hydrogen) atoms. The summed E-state index contributed by atoms with van der Waals surface area (Å²) in [4.78, 5) is 18.5. The predicted octanol–water partition coefficient (Wildman–Crippen LogP) is 5.15. The molecule has 0 aliphatic rings. The lowest BCUT2D eigenvalue weighted by molar-refractivity contribution is -0.122. The number of hydrogen-bond donors (Lipinski definition) is 1. The average molecular weight is 413 g/mol. The van der Waals surface area contributed by atoms with Crippen molar-refractivity contribution in [2.24, 2.45) is 0 Å². The first-order valence-corrected chi connectivity index (χ1v) is 10.9. The molecule has 0 fully saturated rings. The molecule has 0 saturated carbocycles. The first-order valence-electron chi connectivity index (χ1n) is 9.06. The van der Waals surface area contributed by atoms with Gasteiger partial charge < -0.3 is 10.1 Å². The van der Waals surface area contributed by atoms with Crippen LogP contribution in [0.4, 0.5) is 0 Å². The lowest BCUT2D eigenvalue weighted by Gasteiger charge is -2.10. The number of carbonyl (C=O) groups excluding carboxylic acids is 1. The molecule has 0 spiro atoms. The molecule has 0 unspecified atom stereocenters. The fraction of sp³-hybridized carbons (Fsp3) is 0.273. The zero-order valence-electron chi connectivity index (χ0n) is 16.5. The Kier molecular flexibility index (Phi) is 6.75. The Morgan fingerprint density at radius 1 is 1.14 bits per heavy atom. The Hall–Kier alpha value is -2.31. The number of benzene rings is 2. The number of thioether (sulfide) groups is 1. The van der Waals surface area contributed by atoms with Crippen molar-refractivity contribution in [2.45, 2.75) is 31.4 Å². The summed E-state index contributed by atoms with van der Waals surface area (Å²) in [7, 11) is 1.60. The van der Waals surface area contributed by atoms with Crippen LogP contribution in [-0.4, -0.2) is 24.5 Å². The molecule has 2 aromatic carbocycles. The molecule has 6 heteroatoms. The normalized spacial score (nSPS) is 10.7. The van der Waals surface area contributed by atoms with Gasteiger partial charge in [0.1, 0.15) is 10.8 Å². The van der Waals surface area contributed by atoms with Gasteiger partial charge in [0.15, 0.2) is 6.61 Å². The second kappa shape index (κ2) is 9.26. The quantitative estimate of drug-likeness (QED) is 0.545. The first-order chi connectivity index (χ1) is 13.5. The molecule has 3 aromatic rings. The van der Waals surface area contributed by atoms with Gasteiger partial charge in [-0.15, -0.1) is 23.1 Å². The van der Waals surface area contributed by atoms with E-state index in [0.29, 0.717) is 0 Å². The van der Waals surface area contributed by atoms with E-state index in [4.69, 9.17) is 9.72 Å². The number of ether oxygens (including phenoxy) is 1. The van der Waals surface area contributed by atoms with E-state index < -0.39 is 0 Å². The SMILES string of the molecule is CNC(=O)COc1ccc(SCc2sc(-c3ccc(C)cc3)nc2C)cc1C. The Labute approximate surface area is 174 Å². The maximum Gasteiger partial charge on any atom is 0.257 e. The summed E-state index contributed by atoms with van der Waals surface area (Å²) in [5.41, 5.74) is 4.54. The highest BCUT2D eigenvalue weighted by atomic mass is 32.2. The van der Waals surface area contributed by atoms with Crippen LogP contribution >= 0.6 is 23.1 Å². The molecule has 0 radical (unpaired) electrons. The number of likely N-dealkylation sites (N-methyl/N-ethyl adjacent to an activating group) is 1. The number of carbonyl (C=O) groups is 1. The van der Waals surface area contributed by atoms with Crippen LogP contribution in [0.15, 0.2) is 47.4 Å². The van der Waals surface area contributed by atoms with Crippen LogP contribution in [0.3, 0.4) is 0 Å². The highest BCUT2D eigenvalue weighted by Gasteiger charge is 2.11. The molecule has 4 nitrogen and oxygen atoms in total. The smallest absolute Gasteiger partial charge is 0.257 e. The number of aromatic nitrogens is 1. The van der Waals surface area contributed by atoms with Crippen LogP contribution in [0.2, 0.25) is 0 Å². The summed E-state index contributed by atoms with van der Waals surface area (Å²) in [6.07, 6.45) is 0. The molecule has 1 amide bonds. The van der Waals surface area contributed by atoms with Gasteiger partial charge in [0.05, 0.1) is 5.69 Å². The number of amides is 1. The molecule has 3 rings (SSSR count). The van der Waals surface area contributed by atoms with E-state index in [0.717, 1.165) is 27.8 Å². The van der Waals surface area contributed by atoms with Gasteiger partial charge >= 0.3 is 0 Å². The van der Waals surface area contributed by atoms with Gasteiger partial charge in [-0.1, -0.05) is 29.8 Å². The van der Waals surface area contributed by atoms with E-state index >= 15 is 0 Å². The van der Waals surface area contributed by atoms with Crippen LogP contribution in [0.5, 0.6) is 5.75 Å². The van der Waals surface area contributed by atoms with Crippen LogP contribution in [-0.2, 0) is 10.5 Å². The van der Waals surface area contributed by atoms with E-state index in [1.807, 2.05) is 19.1 Å². The number of nitrogens with one attached hydrogen (secondary N) is 1. The molecule has 146 valence electrons. The molecule has 0 atom stereocenters. The highest BCUT2D eigenvalue weighted by molar-refractivity contribution is 7.98. The topological polar surface area (TPSA) is 51.2 Å². The fourth-order valence-corrected chi connectivity index (χ4v) is 4.83. The Bertz CT molecular complexity index is 965. The minimum absolute atomic E-state index is 0.0334. The average Bonchev–Trinajstić information content (AvgIpc) is 3.06. The van der Waals surface area contributed by atoms with Crippen LogP contribution in [0.1, 0.15) is 21.7 Å². The lowest BCUT2D eigenvalue weighted by Crippen LogP contribution is -2.24. The summed E-state index contributed by atoms with van der Waals surface area (Å²) in [6.45, 7) is 6.20. The highest BCUT2D eigenvalue weighted by Crippen LogP contribution is 2.34. The van der Waals surface area contributed by atoms with Crippen molar-refractivity contribution in [1.29, 1.82) is 0 Å². The Morgan fingerprint density at radius 2 is 1.89 bits per heavy atom. The molecular weight excluding hydrogens is 388 g/mol. The fourth-order valence-electron chi connectivity index (χ4n) is 2.62. The molecule has 0 aliphatic heterocycles. The summed E-state index contributed by atoms with van der Waals surface area (Å²) >= 11 is 3.54. The molecule has 0 saturated heterocycles. The van der Waals surface area contributed by atoms with Crippen molar-refractivity contribution in [3.8, 4) is 16.3 Å². The Morgan fingerprint density at radius 3 is 2.57 bits per heavy atom. The number of nitrogens with zero attached hydrogens (tertiary/aromatic N) is 1. The number of thiazole rings is 1. The van der Waals surface area contributed by atoms with E-state index in [1.165, 1.54) is 20.9 Å². The molecule has 1 aromatic heterocycles. The predicted molar refractivity (Wildman–Crippen MR) is 117 cm³/mol. The van der Waals surface area contributed by atoms with Gasteiger partial charge in [-0.05, 0) is 44.5 Å². The van der Waals surface area contributed by atoms with E-state index in [1.54, 1.807) is 30.1 Å². The lowest BCUT2D eigenvalue weighted by atomic mass is 10.2. The molecule has 1 N–H and O–H groups in total. The maximum absolute atomic E-state index is 11.3. The third-order valence-electron chi connectivity index (χ3n) is 4.35. The summed E-state index contributed by atoms with van der Waals surface area (Å²) < 4.78 is 5.56. The minimum Gasteiger partial charge on any atom is -0.484 e. The monoisotopic (exact) mass is 412 g/mol. The maximum atomic E-state index is 11.3. The zero-order chi connectivity index (χ0) is 20.1. The number of aryl methyl sites for hydroxylation is 3. The van der Waals surface area contributed by atoms with Gasteiger partial charge in [0.25, 0.3) is 5.91 Å². The van der Waals surface area contributed by atoms with Crippen molar-refractivity contribution < 1.29 is 9.53 Å². The first kappa shape index (κ1) is 20.4. The second-order valence-corrected chi connectivity index (χ2v) is 8.70. The summed E-state index contributed by atoms with van der Waals surface area (Å²) in [6, 6.07) is 14.6.